The van der Waals surface area contributed by atoms with Crippen LogP contribution in [0.2, 0.25) is 0 Å². The number of carbonyl (C=O) groups excluding carboxylic acids is 1. The number of rotatable bonds is 5. The van der Waals surface area contributed by atoms with Gasteiger partial charge in [0.2, 0.25) is 10.0 Å². The summed E-state index contributed by atoms with van der Waals surface area (Å²) in [7, 11) is -1.93. The second-order valence-corrected chi connectivity index (χ2v) is 8.46. The van der Waals surface area contributed by atoms with Crippen LogP contribution in [0.25, 0.3) is 0 Å². The van der Waals surface area contributed by atoms with Crippen LogP contribution >= 0.6 is 0 Å². The number of hydrogen-bond donors (Lipinski definition) is 0. The van der Waals surface area contributed by atoms with Crippen LogP contribution in [0.4, 0.5) is 0 Å². The molecule has 1 aromatic heterocycles. The Morgan fingerprint density at radius 2 is 1.80 bits per heavy atom. The fraction of sp³-hybridized carbons (Fsp3) is 0.333. The minimum atomic E-state index is -3.50. The molecule has 2 aromatic rings. The third-order valence-electron chi connectivity index (χ3n) is 4.64. The molecule has 7 heteroatoms. The Bertz CT molecular complexity index is 834. The number of aromatic nitrogens is 1. The van der Waals surface area contributed by atoms with E-state index < -0.39 is 15.3 Å². The van der Waals surface area contributed by atoms with E-state index in [1.165, 1.54) is 4.31 Å². The number of sulfonamides is 1. The van der Waals surface area contributed by atoms with Gasteiger partial charge in [-0.15, -0.1) is 0 Å². The van der Waals surface area contributed by atoms with Crippen molar-refractivity contribution in [2.75, 3.05) is 20.1 Å². The standard InChI is InChI=1S/C18H21N3O3S/c1-14(17-10-6-7-11-19-17)20(2)25(23,24)16-12-21(13-16)18(22)15-8-4-3-5-9-15/h3-11,14,16H,12-13H2,1-2H3/t14-/m1/s1. The molecule has 1 aliphatic rings. The van der Waals surface area contributed by atoms with Crippen LogP contribution in [0.15, 0.2) is 54.7 Å². The normalized spacial score (nSPS) is 16.5. The lowest BCUT2D eigenvalue weighted by atomic mass is 10.1. The van der Waals surface area contributed by atoms with Crippen LogP contribution in [0, 0.1) is 0 Å². The Kier molecular flexibility index (Phi) is 4.87. The molecule has 1 atom stereocenters. The van der Waals surface area contributed by atoms with E-state index in [2.05, 4.69) is 4.98 Å². The number of hydrogen-bond acceptors (Lipinski definition) is 4. The van der Waals surface area contributed by atoms with E-state index >= 15 is 0 Å². The molecule has 1 fully saturated rings. The topological polar surface area (TPSA) is 70.6 Å². The summed E-state index contributed by atoms with van der Waals surface area (Å²) >= 11 is 0. The van der Waals surface area contributed by atoms with Gasteiger partial charge in [-0.25, -0.2) is 8.42 Å². The van der Waals surface area contributed by atoms with Gasteiger partial charge in [0.05, 0.1) is 11.7 Å². The number of likely N-dealkylation sites (tertiary alicyclic amines) is 1. The van der Waals surface area contributed by atoms with Crippen molar-refractivity contribution in [3.63, 3.8) is 0 Å². The monoisotopic (exact) mass is 359 g/mol. The molecule has 132 valence electrons. The van der Waals surface area contributed by atoms with Crippen molar-refractivity contribution < 1.29 is 13.2 Å². The summed E-state index contributed by atoms with van der Waals surface area (Å²) in [5, 5.41) is -0.573. The highest BCUT2D eigenvalue weighted by atomic mass is 32.2. The van der Waals surface area contributed by atoms with Crippen molar-refractivity contribution in [1.29, 1.82) is 0 Å². The van der Waals surface area contributed by atoms with Gasteiger partial charge in [0.15, 0.2) is 0 Å². The number of carbonyl (C=O) groups is 1. The molecule has 0 spiro atoms. The Labute approximate surface area is 148 Å². The lowest BCUT2D eigenvalue weighted by molar-refractivity contribution is 0.0655. The summed E-state index contributed by atoms with van der Waals surface area (Å²) < 4.78 is 26.9. The van der Waals surface area contributed by atoms with Crippen molar-refractivity contribution in [2.45, 2.75) is 18.2 Å². The Morgan fingerprint density at radius 3 is 2.40 bits per heavy atom. The second kappa shape index (κ2) is 6.93. The van der Waals surface area contributed by atoms with E-state index in [-0.39, 0.29) is 25.0 Å². The van der Waals surface area contributed by atoms with Crippen molar-refractivity contribution in [2.24, 2.45) is 0 Å². The van der Waals surface area contributed by atoms with E-state index in [0.29, 0.717) is 11.3 Å². The molecule has 1 aliphatic heterocycles. The molecular formula is C18H21N3O3S. The van der Waals surface area contributed by atoms with Crippen molar-refractivity contribution in [3.8, 4) is 0 Å². The van der Waals surface area contributed by atoms with Gasteiger partial charge in [0.1, 0.15) is 5.25 Å². The quantitative estimate of drug-likeness (QED) is 0.818. The van der Waals surface area contributed by atoms with Gasteiger partial charge in [0.25, 0.3) is 5.91 Å². The predicted octanol–water partition coefficient (Wildman–Crippen LogP) is 1.93. The van der Waals surface area contributed by atoms with Crippen LogP contribution in [0.3, 0.4) is 0 Å². The Balaban J connectivity index is 1.66. The molecule has 0 unspecified atom stereocenters. The summed E-state index contributed by atoms with van der Waals surface area (Å²) in [5.74, 6) is -0.132. The van der Waals surface area contributed by atoms with Crippen molar-refractivity contribution in [1.82, 2.24) is 14.2 Å². The highest BCUT2D eigenvalue weighted by Gasteiger charge is 2.43. The van der Waals surface area contributed by atoms with E-state index in [9.17, 15) is 13.2 Å². The van der Waals surface area contributed by atoms with Crippen LogP contribution in [-0.2, 0) is 10.0 Å². The smallest absolute Gasteiger partial charge is 0.253 e. The van der Waals surface area contributed by atoms with E-state index in [0.717, 1.165) is 0 Å². The average Bonchev–Trinajstić information content (AvgIpc) is 2.60. The van der Waals surface area contributed by atoms with Crippen molar-refractivity contribution in [3.05, 3.63) is 66.0 Å². The highest BCUT2D eigenvalue weighted by Crippen LogP contribution is 2.27. The fourth-order valence-electron chi connectivity index (χ4n) is 2.82. The Hall–Kier alpha value is -2.25. The molecule has 2 heterocycles. The van der Waals surface area contributed by atoms with Gasteiger partial charge in [-0.05, 0) is 31.2 Å². The first kappa shape index (κ1) is 17.6. The minimum Gasteiger partial charge on any atom is -0.336 e. The lowest BCUT2D eigenvalue weighted by Gasteiger charge is -2.41. The fourth-order valence-corrected chi connectivity index (χ4v) is 4.58. The summed E-state index contributed by atoms with van der Waals surface area (Å²) in [6.45, 7) is 2.25. The molecule has 0 aliphatic carbocycles. The first-order chi connectivity index (χ1) is 11.9. The SMILES string of the molecule is C[C@H](c1ccccn1)N(C)S(=O)(=O)C1CN(C(=O)c2ccccc2)C1. The summed E-state index contributed by atoms with van der Waals surface area (Å²) in [5.41, 5.74) is 1.28. The zero-order valence-electron chi connectivity index (χ0n) is 14.2. The largest absolute Gasteiger partial charge is 0.336 e. The van der Waals surface area contributed by atoms with Gasteiger partial charge in [0, 0.05) is 31.9 Å². The van der Waals surface area contributed by atoms with Crippen LogP contribution in [0.1, 0.15) is 29.0 Å². The molecule has 1 aromatic carbocycles. The number of nitrogens with zero attached hydrogens (tertiary/aromatic N) is 3. The van der Waals surface area contributed by atoms with Crippen molar-refractivity contribution >= 4 is 15.9 Å². The maximum absolute atomic E-state index is 12.8. The molecule has 3 rings (SSSR count). The zero-order valence-corrected chi connectivity index (χ0v) is 15.1. The molecular weight excluding hydrogens is 338 g/mol. The lowest BCUT2D eigenvalue weighted by Crippen LogP contribution is -2.59. The van der Waals surface area contributed by atoms with Crippen LogP contribution in [0.5, 0.6) is 0 Å². The molecule has 25 heavy (non-hydrogen) atoms. The highest BCUT2D eigenvalue weighted by molar-refractivity contribution is 7.89. The molecule has 0 radical (unpaired) electrons. The molecule has 0 saturated carbocycles. The van der Waals surface area contributed by atoms with Gasteiger partial charge >= 0.3 is 0 Å². The van der Waals surface area contributed by atoms with E-state index in [1.54, 1.807) is 48.5 Å². The molecule has 0 N–H and O–H groups in total. The second-order valence-electron chi connectivity index (χ2n) is 6.19. The first-order valence-corrected chi connectivity index (χ1v) is 9.63. The molecule has 0 bridgehead atoms. The van der Waals surface area contributed by atoms with E-state index in [1.807, 2.05) is 25.1 Å². The molecule has 1 amide bonds. The van der Waals surface area contributed by atoms with E-state index in [4.69, 9.17) is 0 Å². The minimum absolute atomic E-state index is 0.132. The number of pyridine rings is 1. The average molecular weight is 359 g/mol. The summed E-state index contributed by atoms with van der Waals surface area (Å²) in [4.78, 5) is 18.1. The first-order valence-electron chi connectivity index (χ1n) is 8.13. The predicted molar refractivity (Wildman–Crippen MR) is 95.5 cm³/mol. The third-order valence-corrected chi connectivity index (χ3v) is 6.90. The Morgan fingerprint density at radius 1 is 1.16 bits per heavy atom. The van der Waals surface area contributed by atoms with Crippen LogP contribution in [-0.4, -0.2) is 53.9 Å². The zero-order chi connectivity index (χ0) is 18.0. The molecule has 6 nitrogen and oxygen atoms in total. The summed E-state index contributed by atoms with van der Waals surface area (Å²) in [6, 6.07) is 14.0. The maximum Gasteiger partial charge on any atom is 0.253 e. The molecule has 1 saturated heterocycles. The third kappa shape index (κ3) is 3.43. The maximum atomic E-state index is 12.8. The van der Waals surface area contributed by atoms with Crippen LogP contribution < -0.4 is 0 Å². The van der Waals surface area contributed by atoms with Gasteiger partial charge in [-0.2, -0.15) is 4.31 Å². The number of benzene rings is 1. The number of amides is 1. The summed E-state index contributed by atoms with van der Waals surface area (Å²) in [6.07, 6.45) is 1.65. The van der Waals surface area contributed by atoms with Gasteiger partial charge in [-0.3, -0.25) is 9.78 Å². The van der Waals surface area contributed by atoms with Gasteiger partial charge in [-0.1, -0.05) is 24.3 Å². The van der Waals surface area contributed by atoms with Gasteiger partial charge < -0.3 is 4.90 Å².